The van der Waals surface area contributed by atoms with E-state index >= 15 is 0 Å². The first-order valence-electron chi connectivity index (χ1n) is 14.5. The maximum Gasteiger partial charge on any atom is 0.323 e. The lowest BCUT2D eigenvalue weighted by Crippen LogP contribution is -2.47. The number of hydrogen-bond acceptors (Lipinski definition) is 2. The molecule has 2 aromatic rings. The van der Waals surface area contributed by atoms with Crippen molar-refractivity contribution in [1.29, 1.82) is 0 Å². The fourth-order valence-electron chi connectivity index (χ4n) is 5.23. The summed E-state index contributed by atoms with van der Waals surface area (Å²) in [6, 6.07) is 15.1. The molecule has 37 heavy (non-hydrogen) atoms. The highest BCUT2D eigenvalue weighted by Gasteiger charge is 2.47. The molecule has 0 saturated heterocycles. The molecule has 4 nitrogen and oxygen atoms in total. The van der Waals surface area contributed by atoms with Crippen LogP contribution in [0.4, 0.5) is 5.69 Å². The van der Waals surface area contributed by atoms with Crippen molar-refractivity contribution < 1.29 is 14.7 Å². The Kier molecular flexibility index (Phi) is 12.9. The third-order valence-corrected chi connectivity index (χ3v) is 7.54. The molecule has 1 unspecified atom stereocenters. The summed E-state index contributed by atoms with van der Waals surface area (Å²) in [4.78, 5) is 26.9. The summed E-state index contributed by atoms with van der Waals surface area (Å²) < 4.78 is 0. The Bertz CT molecular complexity index is 941. The van der Waals surface area contributed by atoms with Crippen LogP contribution in [0.5, 0.6) is 0 Å². The number of carboxylic acid groups (broad SMARTS) is 1. The zero-order valence-corrected chi connectivity index (χ0v) is 23.8. The third-order valence-electron chi connectivity index (χ3n) is 7.54. The number of amides is 1. The number of carbonyl (C=O) groups is 2. The molecule has 0 radical (unpaired) electrons. The molecule has 0 bridgehead atoms. The van der Waals surface area contributed by atoms with Gasteiger partial charge in [0, 0.05) is 5.69 Å². The summed E-state index contributed by atoms with van der Waals surface area (Å²) in [5, 5.41) is 13.7. The average Bonchev–Trinajstić information content (AvgIpc) is 2.87. The number of carbonyl (C=O) groups excluding carboxylic acids is 1. The van der Waals surface area contributed by atoms with Crippen LogP contribution in [0.3, 0.4) is 0 Å². The lowest BCUT2D eigenvalue weighted by molar-refractivity contribution is -0.148. The number of anilines is 1. The van der Waals surface area contributed by atoms with Crippen molar-refractivity contribution in [2.24, 2.45) is 0 Å². The fourth-order valence-corrected chi connectivity index (χ4v) is 5.23. The van der Waals surface area contributed by atoms with Gasteiger partial charge >= 0.3 is 5.97 Å². The highest BCUT2D eigenvalue weighted by molar-refractivity contribution is 6.14. The van der Waals surface area contributed by atoms with E-state index in [1.165, 1.54) is 44.9 Å². The number of hydrogen-bond donors (Lipinski definition) is 2. The average molecular weight is 508 g/mol. The Morgan fingerprint density at radius 3 is 1.68 bits per heavy atom. The summed E-state index contributed by atoms with van der Waals surface area (Å²) in [6.07, 6.45) is 11.9. The largest absolute Gasteiger partial charge is 0.480 e. The zero-order valence-electron chi connectivity index (χ0n) is 23.8. The molecule has 2 rings (SSSR count). The standard InChI is InChI=1S/C33H49NO3/c1-6-7-8-9-10-11-12-13-14-18-24-33(32(36)37,27-20-16-15-17-21-27)31(35)34-30-28(25(2)3)22-19-23-29(30)26(4)5/h15-17,19-23,25-26H,6-14,18,24H2,1-5H3,(H,34,35)(H,36,37). The molecule has 1 atom stereocenters. The van der Waals surface area contributed by atoms with Crippen molar-refractivity contribution in [2.75, 3.05) is 5.32 Å². The molecule has 0 aliphatic heterocycles. The first-order chi connectivity index (χ1) is 17.8. The minimum absolute atomic E-state index is 0.201. The van der Waals surface area contributed by atoms with E-state index in [-0.39, 0.29) is 18.3 Å². The van der Waals surface area contributed by atoms with Crippen molar-refractivity contribution in [3.8, 4) is 0 Å². The van der Waals surface area contributed by atoms with E-state index in [0.29, 0.717) is 12.0 Å². The Morgan fingerprint density at radius 1 is 0.730 bits per heavy atom. The maximum absolute atomic E-state index is 14.0. The van der Waals surface area contributed by atoms with Crippen LogP contribution in [0.25, 0.3) is 0 Å². The number of rotatable bonds is 17. The quantitative estimate of drug-likeness (QED) is 0.166. The molecule has 0 aromatic heterocycles. The molecular formula is C33H49NO3. The zero-order chi connectivity index (χ0) is 27.3. The van der Waals surface area contributed by atoms with E-state index in [0.717, 1.165) is 29.7 Å². The number of nitrogens with one attached hydrogen (secondary N) is 1. The van der Waals surface area contributed by atoms with Crippen LogP contribution < -0.4 is 5.32 Å². The molecule has 0 heterocycles. The highest BCUT2D eigenvalue weighted by Crippen LogP contribution is 2.37. The minimum Gasteiger partial charge on any atom is -0.480 e. The summed E-state index contributed by atoms with van der Waals surface area (Å²) in [7, 11) is 0. The van der Waals surface area contributed by atoms with E-state index in [1.807, 2.05) is 36.4 Å². The van der Waals surface area contributed by atoms with Crippen LogP contribution in [0, 0.1) is 0 Å². The van der Waals surface area contributed by atoms with Crippen molar-refractivity contribution in [1.82, 2.24) is 0 Å². The van der Waals surface area contributed by atoms with Crippen LogP contribution in [0.15, 0.2) is 48.5 Å². The van der Waals surface area contributed by atoms with Gasteiger partial charge in [-0.05, 0) is 34.9 Å². The molecule has 4 heteroatoms. The SMILES string of the molecule is CCCCCCCCCCCCC(C(=O)O)(C(=O)Nc1c(C(C)C)cccc1C(C)C)c1ccccc1. The van der Waals surface area contributed by atoms with Crippen LogP contribution >= 0.6 is 0 Å². The van der Waals surface area contributed by atoms with Gasteiger partial charge in [-0.2, -0.15) is 0 Å². The van der Waals surface area contributed by atoms with E-state index in [2.05, 4.69) is 39.9 Å². The van der Waals surface area contributed by atoms with E-state index in [1.54, 1.807) is 12.1 Å². The van der Waals surface area contributed by atoms with Gasteiger partial charge in [-0.25, -0.2) is 0 Å². The highest BCUT2D eigenvalue weighted by atomic mass is 16.4. The lowest BCUT2D eigenvalue weighted by Gasteiger charge is -2.30. The second-order valence-corrected chi connectivity index (χ2v) is 11.1. The van der Waals surface area contributed by atoms with Crippen molar-refractivity contribution in [2.45, 2.75) is 122 Å². The fraction of sp³-hybridized carbons (Fsp3) is 0.576. The van der Waals surface area contributed by atoms with Crippen LogP contribution in [-0.2, 0) is 15.0 Å². The summed E-state index contributed by atoms with van der Waals surface area (Å²) in [5.41, 5.74) is 1.75. The van der Waals surface area contributed by atoms with Gasteiger partial charge in [-0.1, -0.05) is 147 Å². The van der Waals surface area contributed by atoms with Crippen LogP contribution in [0.1, 0.15) is 134 Å². The monoisotopic (exact) mass is 507 g/mol. The predicted octanol–water partition coefficient (Wildman–Crippen LogP) is 9.21. The number of carboxylic acids is 1. The predicted molar refractivity (Wildman–Crippen MR) is 155 cm³/mol. The van der Waals surface area contributed by atoms with Crippen LogP contribution in [0.2, 0.25) is 0 Å². The first kappa shape index (κ1) is 30.6. The Morgan fingerprint density at radius 2 is 1.22 bits per heavy atom. The Hall–Kier alpha value is -2.62. The van der Waals surface area contributed by atoms with Gasteiger partial charge in [0.2, 0.25) is 5.91 Å². The molecule has 1 amide bonds. The summed E-state index contributed by atoms with van der Waals surface area (Å²) >= 11 is 0. The topological polar surface area (TPSA) is 66.4 Å². The molecule has 0 aliphatic rings. The molecule has 2 N–H and O–H groups in total. The molecule has 204 valence electrons. The molecule has 2 aromatic carbocycles. The van der Waals surface area contributed by atoms with Crippen molar-refractivity contribution >= 4 is 17.6 Å². The van der Waals surface area contributed by atoms with Gasteiger partial charge < -0.3 is 10.4 Å². The maximum atomic E-state index is 14.0. The summed E-state index contributed by atoms with van der Waals surface area (Å²) in [5.74, 6) is -1.13. The van der Waals surface area contributed by atoms with E-state index in [9.17, 15) is 14.7 Å². The second kappa shape index (κ2) is 15.6. The molecular weight excluding hydrogens is 458 g/mol. The number of aliphatic carboxylic acids is 1. The Balaban J connectivity index is 2.23. The van der Waals surface area contributed by atoms with Gasteiger partial charge in [-0.15, -0.1) is 0 Å². The van der Waals surface area contributed by atoms with Gasteiger partial charge in [0.15, 0.2) is 5.41 Å². The van der Waals surface area contributed by atoms with E-state index in [4.69, 9.17) is 0 Å². The van der Waals surface area contributed by atoms with E-state index < -0.39 is 17.3 Å². The Labute approximate surface area is 225 Å². The number of unbranched alkanes of at least 4 members (excludes halogenated alkanes) is 9. The molecule has 0 aliphatic carbocycles. The van der Waals surface area contributed by atoms with Gasteiger partial charge in [0.25, 0.3) is 0 Å². The number of para-hydroxylation sites is 1. The van der Waals surface area contributed by atoms with Gasteiger partial charge in [-0.3, -0.25) is 9.59 Å². The van der Waals surface area contributed by atoms with Crippen molar-refractivity contribution in [3.63, 3.8) is 0 Å². The van der Waals surface area contributed by atoms with Crippen molar-refractivity contribution in [3.05, 3.63) is 65.2 Å². The van der Waals surface area contributed by atoms with Gasteiger partial charge in [0.1, 0.15) is 0 Å². The normalized spacial score (nSPS) is 13.1. The second-order valence-electron chi connectivity index (χ2n) is 11.1. The smallest absolute Gasteiger partial charge is 0.323 e. The van der Waals surface area contributed by atoms with Crippen LogP contribution in [-0.4, -0.2) is 17.0 Å². The van der Waals surface area contributed by atoms with Gasteiger partial charge in [0.05, 0.1) is 0 Å². The summed E-state index contributed by atoms with van der Waals surface area (Å²) in [6.45, 7) is 10.6. The lowest BCUT2D eigenvalue weighted by atomic mass is 9.75. The minimum atomic E-state index is -1.63. The molecule has 0 fully saturated rings. The number of benzene rings is 2. The third kappa shape index (κ3) is 8.45. The molecule has 0 spiro atoms. The molecule has 0 saturated carbocycles. The first-order valence-corrected chi connectivity index (χ1v) is 14.5.